The molecule has 0 aromatic heterocycles. The molecule has 0 saturated carbocycles. The maximum Gasteiger partial charge on any atom is 0.276 e. The standard InChI is InChI=1S/C25H19N5O4S/c31-17-12-10-16(11-13-17)30-24(34)20(14-21(32)26-15-6-2-1-3-7-15)35-25(30)29-28-22-18-8-4-5-9-19(18)27-23(22)33/h1-13,20,31H,14H2,(H,26,32)(H,27,28,33). The molecular formula is C25H19N5O4S. The average molecular weight is 486 g/mol. The number of hydrogen-bond donors (Lipinski definition) is 3. The third kappa shape index (κ3) is 4.64. The highest BCUT2D eigenvalue weighted by molar-refractivity contribution is 8.16. The predicted molar refractivity (Wildman–Crippen MR) is 136 cm³/mol. The molecule has 0 radical (unpaired) electrons. The van der Waals surface area contributed by atoms with Gasteiger partial charge in [-0.15, -0.1) is 10.2 Å². The number of nitrogens with zero attached hydrogens (tertiary/aromatic N) is 3. The van der Waals surface area contributed by atoms with Gasteiger partial charge in [-0.25, -0.2) is 0 Å². The summed E-state index contributed by atoms with van der Waals surface area (Å²) in [5, 5.41) is 23.1. The van der Waals surface area contributed by atoms with Crippen molar-refractivity contribution in [3.05, 3.63) is 84.4 Å². The fraction of sp³-hybridized carbons (Fsp3) is 0.0800. The summed E-state index contributed by atoms with van der Waals surface area (Å²) >= 11 is 1.09. The number of nitrogens with one attached hydrogen (secondary N) is 2. The average Bonchev–Trinajstić information content (AvgIpc) is 3.34. The van der Waals surface area contributed by atoms with Crippen molar-refractivity contribution >= 4 is 57.4 Å². The van der Waals surface area contributed by atoms with Crippen molar-refractivity contribution in [2.45, 2.75) is 11.7 Å². The number of thioether (sulfide) groups is 1. The molecule has 0 spiro atoms. The zero-order valence-electron chi connectivity index (χ0n) is 18.2. The van der Waals surface area contributed by atoms with E-state index in [1.807, 2.05) is 6.07 Å². The minimum Gasteiger partial charge on any atom is -0.508 e. The van der Waals surface area contributed by atoms with Crippen molar-refractivity contribution in [3.8, 4) is 5.75 Å². The monoisotopic (exact) mass is 485 g/mol. The van der Waals surface area contributed by atoms with Gasteiger partial charge in [-0.1, -0.05) is 48.2 Å². The normalized spacial score (nSPS) is 19.2. The van der Waals surface area contributed by atoms with E-state index < -0.39 is 5.25 Å². The van der Waals surface area contributed by atoms with Gasteiger partial charge in [0.05, 0.1) is 11.4 Å². The van der Waals surface area contributed by atoms with Crippen LogP contribution in [0, 0.1) is 0 Å². The summed E-state index contributed by atoms with van der Waals surface area (Å²) in [6.45, 7) is 0. The fourth-order valence-corrected chi connectivity index (χ4v) is 4.79. The summed E-state index contributed by atoms with van der Waals surface area (Å²) in [7, 11) is 0. The lowest BCUT2D eigenvalue weighted by Gasteiger charge is -2.16. The Morgan fingerprint density at radius 3 is 2.46 bits per heavy atom. The highest BCUT2D eigenvalue weighted by Crippen LogP contribution is 2.35. The zero-order chi connectivity index (χ0) is 24.4. The molecule has 2 aliphatic rings. The van der Waals surface area contributed by atoms with Crippen LogP contribution in [0.5, 0.6) is 5.75 Å². The topological polar surface area (TPSA) is 123 Å². The molecule has 174 valence electrons. The van der Waals surface area contributed by atoms with Crippen molar-refractivity contribution in [3.63, 3.8) is 0 Å². The number of carbonyl (C=O) groups excluding carboxylic acids is 3. The summed E-state index contributed by atoms with van der Waals surface area (Å²) in [4.78, 5) is 39.6. The van der Waals surface area contributed by atoms with Gasteiger partial charge in [0, 0.05) is 17.7 Å². The summed E-state index contributed by atoms with van der Waals surface area (Å²) in [5.74, 6) is -1.01. The molecule has 2 aliphatic heterocycles. The van der Waals surface area contributed by atoms with Crippen LogP contribution in [-0.4, -0.2) is 39.0 Å². The number of hydrogen-bond acceptors (Lipinski definition) is 7. The first kappa shape index (κ1) is 22.4. The first-order valence-corrected chi connectivity index (χ1v) is 11.6. The van der Waals surface area contributed by atoms with Gasteiger partial charge in [0.2, 0.25) is 11.8 Å². The molecule has 5 rings (SSSR count). The van der Waals surface area contributed by atoms with Gasteiger partial charge >= 0.3 is 0 Å². The molecule has 1 unspecified atom stereocenters. The van der Waals surface area contributed by atoms with Crippen molar-refractivity contribution in [2.75, 3.05) is 15.5 Å². The molecular weight excluding hydrogens is 466 g/mol. The summed E-state index contributed by atoms with van der Waals surface area (Å²) in [5.41, 5.74) is 2.48. The number of rotatable bonds is 5. The molecule has 0 aliphatic carbocycles. The van der Waals surface area contributed by atoms with Gasteiger partial charge in [-0.2, -0.15) is 0 Å². The van der Waals surface area contributed by atoms with Crippen LogP contribution in [0.2, 0.25) is 0 Å². The van der Waals surface area contributed by atoms with Crippen LogP contribution in [0.15, 0.2) is 89.1 Å². The summed E-state index contributed by atoms with van der Waals surface area (Å²) in [6, 6.07) is 22.1. The Labute approximate surface area is 204 Å². The summed E-state index contributed by atoms with van der Waals surface area (Å²) < 4.78 is 0. The molecule has 3 amide bonds. The lowest BCUT2D eigenvalue weighted by molar-refractivity contribution is -0.121. The minimum atomic E-state index is -0.740. The van der Waals surface area contributed by atoms with E-state index >= 15 is 0 Å². The van der Waals surface area contributed by atoms with Gasteiger partial charge < -0.3 is 15.7 Å². The largest absolute Gasteiger partial charge is 0.508 e. The SMILES string of the molecule is O=C(CC1SC(=N/N=C2\C(=O)Nc3ccccc32)N(c2ccc(O)cc2)C1=O)Nc1ccccc1. The molecule has 35 heavy (non-hydrogen) atoms. The van der Waals surface area contributed by atoms with Gasteiger partial charge in [0.1, 0.15) is 11.0 Å². The number of aromatic hydroxyl groups is 1. The van der Waals surface area contributed by atoms with Gasteiger partial charge in [0.15, 0.2) is 10.9 Å². The van der Waals surface area contributed by atoms with E-state index in [0.29, 0.717) is 22.6 Å². The first-order chi connectivity index (χ1) is 17.0. The Hall–Kier alpha value is -4.44. The Bertz CT molecular complexity index is 1370. The van der Waals surface area contributed by atoms with Gasteiger partial charge in [-0.3, -0.25) is 19.3 Å². The first-order valence-electron chi connectivity index (χ1n) is 10.7. The number of benzene rings is 3. The van der Waals surface area contributed by atoms with Crippen LogP contribution in [0.1, 0.15) is 12.0 Å². The number of amidine groups is 1. The van der Waals surface area contributed by atoms with Gasteiger partial charge in [0.25, 0.3) is 5.91 Å². The molecule has 3 N–H and O–H groups in total. The third-order valence-corrected chi connectivity index (χ3v) is 6.48. The van der Waals surface area contributed by atoms with E-state index in [0.717, 1.165) is 11.8 Å². The fourth-order valence-electron chi connectivity index (χ4n) is 3.70. The second-order valence-corrected chi connectivity index (χ2v) is 8.92. The number of amides is 3. The Kier molecular flexibility index (Phi) is 6.02. The van der Waals surface area contributed by atoms with Crippen LogP contribution in [0.4, 0.5) is 17.1 Å². The number of para-hydroxylation sites is 2. The lowest BCUT2D eigenvalue weighted by atomic mass is 10.1. The van der Waals surface area contributed by atoms with E-state index in [1.54, 1.807) is 60.7 Å². The van der Waals surface area contributed by atoms with Crippen LogP contribution < -0.4 is 15.5 Å². The molecule has 2 heterocycles. The van der Waals surface area contributed by atoms with E-state index in [-0.39, 0.29) is 40.8 Å². The number of carbonyl (C=O) groups is 3. The summed E-state index contributed by atoms with van der Waals surface area (Å²) in [6.07, 6.45) is -0.0775. The predicted octanol–water partition coefficient (Wildman–Crippen LogP) is 3.58. The number of phenolic OH excluding ortho intramolecular Hbond substituents is 1. The number of fused-ring (bicyclic) bond motifs is 1. The molecule has 1 saturated heterocycles. The van der Waals surface area contributed by atoms with E-state index in [1.165, 1.54) is 17.0 Å². The van der Waals surface area contributed by atoms with Crippen LogP contribution >= 0.6 is 11.8 Å². The smallest absolute Gasteiger partial charge is 0.276 e. The quantitative estimate of drug-likeness (QED) is 0.477. The molecule has 0 bridgehead atoms. The molecule has 10 heteroatoms. The number of phenols is 1. The molecule has 3 aromatic carbocycles. The van der Waals surface area contributed by atoms with Crippen LogP contribution in [0.25, 0.3) is 0 Å². The van der Waals surface area contributed by atoms with Crippen molar-refractivity contribution in [1.29, 1.82) is 0 Å². The highest BCUT2D eigenvalue weighted by Gasteiger charge is 2.40. The maximum absolute atomic E-state index is 13.3. The maximum atomic E-state index is 13.3. The second kappa shape index (κ2) is 9.43. The highest BCUT2D eigenvalue weighted by atomic mass is 32.2. The Balaban J connectivity index is 1.44. The molecule has 9 nitrogen and oxygen atoms in total. The van der Waals surface area contributed by atoms with Crippen molar-refractivity contribution < 1.29 is 19.5 Å². The van der Waals surface area contributed by atoms with E-state index in [2.05, 4.69) is 20.8 Å². The van der Waals surface area contributed by atoms with Gasteiger partial charge in [-0.05, 0) is 42.5 Å². The van der Waals surface area contributed by atoms with Crippen LogP contribution in [-0.2, 0) is 14.4 Å². The minimum absolute atomic E-state index is 0.0461. The molecule has 1 fully saturated rings. The lowest BCUT2D eigenvalue weighted by Crippen LogP contribution is -2.33. The Morgan fingerprint density at radius 1 is 0.971 bits per heavy atom. The second-order valence-electron chi connectivity index (χ2n) is 7.75. The number of anilines is 3. The van der Waals surface area contributed by atoms with Crippen LogP contribution in [0.3, 0.4) is 0 Å². The van der Waals surface area contributed by atoms with Crippen molar-refractivity contribution in [2.24, 2.45) is 10.2 Å². The third-order valence-electron chi connectivity index (χ3n) is 5.35. The Morgan fingerprint density at radius 2 is 1.69 bits per heavy atom. The van der Waals surface area contributed by atoms with E-state index in [4.69, 9.17) is 0 Å². The van der Waals surface area contributed by atoms with E-state index in [9.17, 15) is 19.5 Å². The zero-order valence-corrected chi connectivity index (χ0v) is 19.0. The van der Waals surface area contributed by atoms with Crippen molar-refractivity contribution in [1.82, 2.24) is 0 Å². The molecule has 1 atom stereocenters. The molecule has 3 aromatic rings.